The van der Waals surface area contributed by atoms with E-state index in [2.05, 4.69) is 157 Å². The molecule has 1 saturated carbocycles. The zero-order chi connectivity index (χ0) is 30.7. The number of benzene rings is 5. The highest BCUT2D eigenvalue weighted by atomic mass is 15.2. The minimum absolute atomic E-state index is 0.134. The summed E-state index contributed by atoms with van der Waals surface area (Å²) in [7, 11) is 8.54. The first-order valence-electron chi connectivity index (χ1n) is 16.5. The van der Waals surface area contributed by atoms with E-state index in [-0.39, 0.29) is 6.71 Å². The first kappa shape index (κ1) is 27.9. The Morgan fingerprint density at radius 1 is 0.533 bits per heavy atom. The van der Waals surface area contributed by atoms with Crippen LogP contribution in [0.2, 0.25) is 0 Å². The van der Waals surface area contributed by atoms with Crippen molar-refractivity contribution in [2.75, 3.05) is 47.8 Å². The van der Waals surface area contributed by atoms with Crippen molar-refractivity contribution in [1.82, 2.24) is 0 Å². The number of fused-ring (bicyclic) bond motifs is 4. The van der Waals surface area contributed by atoms with Gasteiger partial charge in [-0.05, 0) is 107 Å². The molecule has 5 aromatic rings. The van der Waals surface area contributed by atoms with Crippen molar-refractivity contribution < 1.29 is 0 Å². The van der Waals surface area contributed by atoms with Gasteiger partial charge in [0.05, 0.1) is 0 Å². The molecule has 0 aromatic heterocycles. The molecule has 0 bridgehead atoms. The molecule has 0 N–H and O–H groups in total. The number of rotatable bonds is 5. The minimum atomic E-state index is 0.134. The third kappa shape index (κ3) is 4.59. The van der Waals surface area contributed by atoms with E-state index in [0.717, 1.165) is 0 Å². The predicted octanol–water partition coefficient (Wildman–Crippen LogP) is 7.95. The van der Waals surface area contributed by atoms with Crippen molar-refractivity contribution in [2.45, 2.75) is 38.0 Å². The molecule has 2 aliphatic heterocycles. The summed E-state index contributed by atoms with van der Waals surface area (Å²) in [6, 6.07) is 41.3. The predicted molar refractivity (Wildman–Crippen MR) is 195 cm³/mol. The van der Waals surface area contributed by atoms with Gasteiger partial charge in [-0.3, -0.25) is 0 Å². The fourth-order valence-corrected chi connectivity index (χ4v) is 7.95. The van der Waals surface area contributed by atoms with Gasteiger partial charge in [0.2, 0.25) is 0 Å². The van der Waals surface area contributed by atoms with Gasteiger partial charge in [-0.15, -0.1) is 0 Å². The number of anilines is 8. The molecule has 5 heteroatoms. The Bertz CT molecular complexity index is 1880. The van der Waals surface area contributed by atoms with Gasteiger partial charge in [-0.25, -0.2) is 0 Å². The lowest BCUT2D eigenvalue weighted by molar-refractivity contribution is 0.444. The average Bonchev–Trinajstić information content (AvgIpc) is 3.08. The lowest BCUT2D eigenvalue weighted by Gasteiger charge is -2.45. The number of nitrogens with zero attached hydrogens (tertiary/aromatic N) is 4. The monoisotopic (exact) mass is 588 g/mol. The van der Waals surface area contributed by atoms with Crippen LogP contribution in [0.4, 0.5) is 45.5 Å². The summed E-state index contributed by atoms with van der Waals surface area (Å²) in [4.78, 5) is 9.52. The molecule has 1 aliphatic carbocycles. The van der Waals surface area contributed by atoms with Crippen molar-refractivity contribution in [1.29, 1.82) is 0 Å². The van der Waals surface area contributed by atoms with Gasteiger partial charge < -0.3 is 19.6 Å². The summed E-state index contributed by atoms with van der Waals surface area (Å²) >= 11 is 0. The quantitative estimate of drug-likeness (QED) is 0.189. The zero-order valence-corrected chi connectivity index (χ0v) is 26.9. The molecule has 224 valence electrons. The summed E-state index contributed by atoms with van der Waals surface area (Å²) in [6.07, 6.45) is 6.52. The maximum atomic E-state index is 2.56. The van der Waals surface area contributed by atoms with Crippen LogP contribution in [0, 0.1) is 0 Å². The van der Waals surface area contributed by atoms with Crippen LogP contribution in [0.15, 0.2) is 109 Å². The average molecular weight is 589 g/mol. The maximum absolute atomic E-state index is 2.56. The van der Waals surface area contributed by atoms with Crippen LogP contribution in [0.1, 0.15) is 43.6 Å². The van der Waals surface area contributed by atoms with Crippen LogP contribution in [0.5, 0.6) is 0 Å². The Hall–Kier alpha value is -4.64. The molecule has 0 saturated heterocycles. The highest BCUT2D eigenvalue weighted by Gasteiger charge is 2.44. The fraction of sp³-hybridized carbons (Fsp3) is 0.250. The zero-order valence-electron chi connectivity index (χ0n) is 26.9. The van der Waals surface area contributed by atoms with Crippen LogP contribution in [-0.4, -0.2) is 34.9 Å². The minimum Gasteiger partial charge on any atom is -0.378 e. The Morgan fingerprint density at radius 2 is 1.16 bits per heavy atom. The Balaban J connectivity index is 1.47. The van der Waals surface area contributed by atoms with E-state index in [1.165, 1.54) is 99.6 Å². The molecular weight excluding hydrogens is 547 g/mol. The third-order valence-electron chi connectivity index (χ3n) is 10.2. The summed E-state index contributed by atoms with van der Waals surface area (Å²) in [5.74, 6) is 0.584. The van der Waals surface area contributed by atoms with Gasteiger partial charge in [-0.1, -0.05) is 61.7 Å². The van der Waals surface area contributed by atoms with E-state index in [0.29, 0.717) is 5.92 Å². The van der Waals surface area contributed by atoms with Crippen molar-refractivity contribution in [3.63, 3.8) is 0 Å². The van der Waals surface area contributed by atoms with Crippen molar-refractivity contribution in [3.05, 3.63) is 115 Å². The van der Waals surface area contributed by atoms with Crippen LogP contribution in [-0.2, 0) is 0 Å². The molecule has 8 rings (SSSR count). The first-order chi connectivity index (χ1) is 22.0. The molecule has 0 atom stereocenters. The topological polar surface area (TPSA) is 13.0 Å². The van der Waals surface area contributed by atoms with Gasteiger partial charge in [0.25, 0.3) is 6.71 Å². The van der Waals surface area contributed by atoms with Gasteiger partial charge >= 0.3 is 0 Å². The highest BCUT2D eigenvalue weighted by Crippen LogP contribution is 2.47. The van der Waals surface area contributed by atoms with E-state index in [1.54, 1.807) is 0 Å². The molecule has 0 radical (unpaired) electrons. The summed E-state index contributed by atoms with van der Waals surface area (Å²) in [6.45, 7) is 0.134. The number of hydrogen-bond donors (Lipinski definition) is 0. The molecule has 4 nitrogen and oxygen atoms in total. The Morgan fingerprint density at radius 3 is 1.89 bits per heavy atom. The summed E-state index contributed by atoms with van der Waals surface area (Å²) in [5.41, 5.74) is 15.6. The van der Waals surface area contributed by atoms with E-state index in [1.807, 2.05) is 0 Å². The second-order valence-corrected chi connectivity index (χ2v) is 13.4. The Kier molecular flexibility index (Phi) is 6.86. The first-order valence-corrected chi connectivity index (χ1v) is 16.5. The van der Waals surface area contributed by atoms with Gasteiger partial charge in [0.15, 0.2) is 0 Å². The van der Waals surface area contributed by atoms with Crippen LogP contribution >= 0.6 is 0 Å². The smallest absolute Gasteiger partial charge is 0.252 e. The van der Waals surface area contributed by atoms with Crippen LogP contribution in [0.25, 0.3) is 0 Å². The third-order valence-corrected chi connectivity index (χ3v) is 10.2. The number of hydrogen-bond acceptors (Lipinski definition) is 4. The molecule has 3 aliphatic rings. The highest BCUT2D eigenvalue weighted by molar-refractivity contribution is 7.00. The van der Waals surface area contributed by atoms with Gasteiger partial charge in [0.1, 0.15) is 0 Å². The molecule has 0 unspecified atom stereocenters. The molecule has 2 heterocycles. The molecule has 0 amide bonds. The van der Waals surface area contributed by atoms with Crippen molar-refractivity contribution >= 4 is 68.6 Å². The van der Waals surface area contributed by atoms with Crippen molar-refractivity contribution in [2.24, 2.45) is 0 Å². The Labute approximate surface area is 268 Å². The largest absolute Gasteiger partial charge is 0.378 e. The summed E-state index contributed by atoms with van der Waals surface area (Å²) in [5, 5.41) is 0. The fourth-order valence-electron chi connectivity index (χ4n) is 7.95. The lowest BCUT2D eigenvalue weighted by Crippen LogP contribution is -2.61. The molecule has 0 spiro atoms. The van der Waals surface area contributed by atoms with Gasteiger partial charge in [-0.2, -0.15) is 0 Å². The molecule has 1 fully saturated rings. The molecular formula is C40H41BN4. The SMILES string of the molecule is CN(C)c1cccc(N2c3ccc(N(C)C)cc3B3c4ccccc4N(c4ccccc4)c4cc(C5CCCCC5)cc2c43)c1. The summed E-state index contributed by atoms with van der Waals surface area (Å²) < 4.78 is 0. The van der Waals surface area contributed by atoms with E-state index >= 15 is 0 Å². The van der Waals surface area contributed by atoms with Gasteiger partial charge in [0, 0.05) is 73.7 Å². The second-order valence-electron chi connectivity index (χ2n) is 13.4. The molecule has 45 heavy (non-hydrogen) atoms. The standard InChI is InChI=1S/C40H41BN4/c1-42(2)31-18-13-19-33(26-31)45-37-23-22-32(43(3)4)27-35(37)41-34-20-11-12-21-36(34)44(30-16-9-6-10-17-30)38-24-29(25-39(45)40(38)41)28-14-7-5-8-15-28/h6,9-13,16-28H,5,7-8,14-15H2,1-4H3. The number of para-hydroxylation sites is 2. The van der Waals surface area contributed by atoms with Crippen molar-refractivity contribution in [3.8, 4) is 0 Å². The van der Waals surface area contributed by atoms with E-state index in [4.69, 9.17) is 0 Å². The molecule has 5 aromatic carbocycles. The van der Waals surface area contributed by atoms with Crippen LogP contribution < -0.4 is 36.0 Å². The van der Waals surface area contributed by atoms with Crippen LogP contribution in [0.3, 0.4) is 0 Å². The van der Waals surface area contributed by atoms with E-state index in [9.17, 15) is 0 Å². The normalized spacial score (nSPS) is 15.3. The second kappa shape index (κ2) is 11.1. The van der Waals surface area contributed by atoms with E-state index < -0.39 is 0 Å². The maximum Gasteiger partial charge on any atom is 0.252 e. The lowest BCUT2D eigenvalue weighted by atomic mass is 9.33.